The van der Waals surface area contributed by atoms with E-state index in [0.29, 0.717) is 9.90 Å². The van der Waals surface area contributed by atoms with Crippen molar-refractivity contribution in [2.45, 2.75) is 18.0 Å². The van der Waals surface area contributed by atoms with Crippen LogP contribution in [0, 0.1) is 0 Å². The second-order valence-corrected chi connectivity index (χ2v) is 7.06. The fourth-order valence-electron chi connectivity index (χ4n) is 1.45. The maximum atomic E-state index is 12.0. The SMILES string of the molecule is O=S(=O)(NCc1ccc(Cl)cc1)c1csc(CO)c1. The number of rotatable bonds is 5. The summed E-state index contributed by atoms with van der Waals surface area (Å²) in [5.41, 5.74) is 0.825. The maximum Gasteiger partial charge on any atom is 0.241 e. The van der Waals surface area contributed by atoms with Gasteiger partial charge in [-0.25, -0.2) is 13.1 Å². The predicted octanol–water partition coefficient (Wildman–Crippen LogP) is 2.37. The summed E-state index contributed by atoms with van der Waals surface area (Å²) in [4.78, 5) is 0.794. The summed E-state index contributed by atoms with van der Waals surface area (Å²) in [7, 11) is -3.54. The van der Waals surface area contributed by atoms with Gasteiger partial charge in [0.05, 0.1) is 11.5 Å². The Hall–Kier alpha value is -0.920. The van der Waals surface area contributed by atoms with Gasteiger partial charge in [-0.15, -0.1) is 11.3 Å². The predicted molar refractivity (Wildman–Crippen MR) is 75.7 cm³/mol. The average molecular weight is 318 g/mol. The van der Waals surface area contributed by atoms with Crippen molar-refractivity contribution in [1.29, 1.82) is 0 Å². The molecule has 0 amide bonds. The topological polar surface area (TPSA) is 66.4 Å². The Kier molecular flexibility index (Phi) is 4.59. The highest BCUT2D eigenvalue weighted by atomic mass is 35.5. The molecular formula is C12H12ClNO3S2. The number of nitrogens with one attached hydrogen (secondary N) is 1. The minimum atomic E-state index is -3.54. The second-order valence-electron chi connectivity index (χ2n) is 3.86. The van der Waals surface area contributed by atoms with Crippen LogP contribution in [0.2, 0.25) is 5.02 Å². The van der Waals surface area contributed by atoms with Crippen molar-refractivity contribution in [3.05, 3.63) is 51.2 Å². The fourth-order valence-corrected chi connectivity index (χ4v) is 3.73. The molecule has 1 aromatic heterocycles. The quantitative estimate of drug-likeness (QED) is 0.889. The number of halogens is 1. The molecule has 0 saturated heterocycles. The van der Waals surface area contributed by atoms with Crippen LogP contribution in [0.1, 0.15) is 10.4 Å². The molecule has 0 spiro atoms. The van der Waals surface area contributed by atoms with Crippen LogP contribution in [-0.4, -0.2) is 13.5 Å². The molecule has 0 radical (unpaired) electrons. The molecule has 102 valence electrons. The maximum absolute atomic E-state index is 12.0. The highest BCUT2D eigenvalue weighted by molar-refractivity contribution is 7.89. The van der Waals surface area contributed by atoms with Crippen LogP contribution in [0.25, 0.3) is 0 Å². The minimum absolute atomic E-state index is 0.155. The van der Waals surface area contributed by atoms with E-state index in [4.69, 9.17) is 16.7 Å². The van der Waals surface area contributed by atoms with Crippen LogP contribution in [-0.2, 0) is 23.2 Å². The van der Waals surface area contributed by atoms with Gasteiger partial charge >= 0.3 is 0 Å². The van der Waals surface area contributed by atoms with Gasteiger partial charge in [-0.1, -0.05) is 23.7 Å². The molecule has 19 heavy (non-hydrogen) atoms. The van der Waals surface area contributed by atoms with E-state index in [9.17, 15) is 8.42 Å². The molecule has 7 heteroatoms. The highest BCUT2D eigenvalue weighted by Gasteiger charge is 2.15. The van der Waals surface area contributed by atoms with Crippen LogP contribution in [0.3, 0.4) is 0 Å². The molecule has 1 heterocycles. The van der Waals surface area contributed by atoms with Crippen molar-refractivity contribution >= 4 is 33.0 Å². The van der Waals surface area contributed by atoms with E-state index in [-0.39, 0.29) is 18.0 Å². The Balaban J connectivity index is 2.07. The van der Waals surface area contributed by atoms with Crippen LogP contribution in [0.5, 0.6) is 0 Å². The Morgan fingerprint density at radius 3 is 2.53 bits per heavy atom. The van der Waals surface area contributed by atoms with Gasteiger partial charge in [-0.3, -0.25) is 0 Å². The number of aliphatic hydroxyl groups is 1. The van der Waals surface area contributed by atoms with E-state index in [0.717, 1.165) is 5.56 Å². The molecule has 0 aliphatic heterocycles. The fraction of sp³-hybridized carbons (Fsp3) is 0.167. The summed E-state index contributed by atoms with van der Waals surface area (Å²) in [5, 5.41) is 11.1. The number of aliphatic hydroxyl groups excluding tert-OH is 1. The van der Waals surface area contributed by atoms with Crippen molar-refractivity contribution in [2.75, 3.05) is 0 Å². The molecule has 2 N–H and O–H groups in total. The van der Waals surface area contributed by atoms with E-state index in [1.165, 1.54) is 22.8 Å². The lowest BCUT2D eigenvalue weighted by molar-refractivity contribution is 0.285. The zero-order valence-corrected chi connectivity index (χ0v) is 12.2. The first-order valence-corrected chi connectivity index (χ1v) is 8.18. The minimum Gasteiger partial charge on any atom is -0.391 e. The van der Waals surface area contributed by atoms with E-state index in [2.05, 4.69) is 4.72 Å². The van der Waals surface area contributed by atoms with Gasteiger partial charge in [0, 0.05) is 21.8 Å². The summed E-state index contributed by atoms with van der Waals surface area (Å²) in [5.74, 6) is 0. The second kappa shape index (κ2) is 6.02. The molecule has 0 bridgehead atoms. The van der Waals surface area contributed by atoms with Crippen LogP contribution >= 0.6 is 22.9 Å². The number of hydrogen-bond donors (Lipinski definition) is 2. The van der Waals surface area contributed by atoms with Gasteiger partial charge < -0.3 is 5.11 Å². The molecule has 0 aliphatic carbocycles. The van der Waals surface area contributed by atoms with Gasteiger partial charge in [0.25, 0.3) is 0 Å². The summed E-state index contributed by atoms with van der Waals surface area (Å²) < 4.78 is 26.5. The Bertz CT molecular complexity index is 650. The summed E-state index contributed by atoms with van der Waals surface area (Å²) in [6.07, 6.45) is 0. The Morgan fingerprint density at radius 2 is 1.95 bits per heavy atom. The number of hydrogen-bond acceptors (Lipinski definition) is 4. The van der Waals surface area contributed by atoms with Gasteiger partial charge in [0.1, 0.15) is 0 Å². The first kappa shape index (κ1) is 14.5. The third kappa shape index (κ3) is 3.77. The first-order valence-electron chi connectivity index (χ1n) is 5.43. The lowest BCUT2D eigenvalue weighted by atomic mass is 10.2. The molecular weight excluding hydrogens is 306 g/mol. The van der Waals surface area contributed by atoms with E-state index >= 15 is 0 Å². The summed E-state index contributed by atoms with van der Waals surface area (Å²) in [6.45, 7) is 0.0428. The standard InChI is InChI=1S/C12H12ClNO3S2/c13-10-3-1-9(2-4-10)6-14-19(16,17)12-5-11(7-15)18-8-12/h1-5,8,14-15H,6-7H2. The van der Waals surface area contributed by atoms with Gasteiger partial charge in [-0.05, 0) is 23.8 Å². The van der Waals surface area contributed by atoms with E-state index in [1.54, 1.807) is 24.3 Å². The number of thiophene rings is 1. The van der Waals surface area contributed by atoms with E-state index < -0.39 is 10.0 Å². The van der Waals surface area contributed by atoms with Gasteiger partial charge in [0.15, 0.2) is 0 Å². The van der Waals surface area contributed by atoms with Crippen LogP contribution in [0.15, 0.2) is 40.6 Å². The van der Waals surface area contributed by atoms with E-state index in [1.807, 2.05) is 0 Å². The zero-order chi connectivity index (χ0) is 13.9. The molecule has 0 atom stereocenters. The third-order valence-corrected chi connectivity index (χ3v) is 5.18. The van der Waals surface area contributed by atoms with Gasteiger partial charge in [-0.2, -0.15) is 0 Å². The molecule has 2 aromatic rings. The Morgan fingerprint density at radius 1 is 1.26 bits per heavy atom. The molecule has 0 unspecified atom stereocenters. The van der Waals surface area contributed by atoms with Crippen LogP contribution < -0.4 is 4.72 Å². The van der Waals surface area contributed by atoms with Crippen molar-refractivity contribution in [3.63, 3.8) is 0 Å². The third-order valence-electron chi connectivity index (χ3n) is 2.48. The summed E-state index contributed by atoms with van der Waals surface area (Å²) in [6, 6.07) is 8.41. The number of benzene rings is 1. The number of sulfonamides is 1. The normalized spacial score (nSPS) is 11.7. The highest BCUT2D eigenvalue weighted by Crippen LogP contribution is 2.19. The molecule has 2 rings (SSSR count). The monoisotopic (exact) mass is 317 g/mol. The van der Waals surface area contributed by atoms with Crippen molar-refractivity contribution < 1.29 is 13.5 Å². The zero-order valence-electron chi connectivity index (χ0n) is 9.84. The summed E-state index contributed by atoms with van der Waals surface area (Å²) >= 11 is 6.97. The van der Waals surface area contributed by atoms with Crippen molar-refractivity contribution in [2.24, 2.45) is 0 Å². The van der Waals surface area contributed by atoms with Crippen molar-refractivity contribution in [3.8, 4) is 0 Å². The molecule has 4 nitrogen and oxygen atoms in total. The Labute approximate surface area is 120 Å². The van der Waals surface area contributed by atoms with Gasteiger partial charge in [0.2, 0.25) is 10.0 Å². The molecule has 0 saturated carbocycles. The lowest BCUT2D eigenvalue weighted by Gasteiger charge is -2.05. The van der Waals surface area contributed by atoms with Crippen LogP contribution in [0.4, 0.5) is 0 Å². The average Bonchev–Trinajstić information content (AvgIpc) is 2.88. The molecule has 1 aromatic carbocycles. The largest absolute Gasteiger partial charge is 0.391 e. The molecule has 0 fully saturated rings. The smallest absolute Gasteiger partial charge is 0.241 e. The van der Waals surface area contributed by atoms with Crippen molar-refractivity contribution in [1.82, 2.24) is 4.72 Å². The first-order chi connectivity index (χ1) is 9.01. The molecule has 0 aliphatic rings. The lowest BCUT2D eigenvalue weighted by Crippen LogP contribution is -2.22.